The highest BCUT2D eigenvalue weighted by Crippen LogP contribution is 2.21. The molecule has 0 saturated carbocycles. The van der Waals surface area contributed by atoms with Gasteiger partial charge in [0.1, 0.15) is 11.4 Å². The Kier molecular flexibility index (Phi) is 10.1. The molecule has 0 saturated heterocycles. The lowest BCUT2D eigenvalue weighted by Gasteiger charge is -2.20. The van der Waals surface area contributed by atoms with Crippen LogP contribution in [0.25, 0.3) is 0 Å². The van der Waals surface area contributed by atoms with Gasteiger partial charge in [0.15, 0.2) is 0 Å². The second kappa shape index (κ2) is 11.5. The number of hydrogen-bond donors (Lipinski definition) is 0. The van der Waals surface area contributed by atoms with Gasteiger partial charge in [-0.1, -0.05) is 64.7 Å². The topological polar surface area (TPSA) is 35.5 Å². The van der Waals surface area contributed by atoms with Crippen LogP contribution in [0.2, 0.25) is 0 Å². The Morgan fingerprint density at radius 2 is 1.42 bits per heavy atom. The normalized spacial score (nSPS) is 22.7. The van der Waals surface area contributed by atoms with Gasteiger partial charge in [-0.05, 0) is 45.6 Å². The minimum absolute atomic E-state index is 0.451. The van der Waals surface area contributed by atoms with E-state index in [2.05, 4.69) is 13.0 Å². The van der Waals surface area contributed by atoms with E-state index in [0.717, 1.165) is 18.6 Å². The number of hydrogen-bond acceptors (Lipinski definition) is 3. The molecular weight excluding hydrogens is 300 g/mol. The van der Waals surface area contributed by atoms with Gasteiger partial charge in [-0.2, -0.15) is 0 Å². The third-order valence-corrected chi connectivity index (χ3v) is 4.41. The second-order valence-corrected chi connectivity index (χ2v) is 8.25. The summed E-state index contributed by atoms with van der Waals surface area (Å²) in [5.41, 5.74) is -0.511. The average Bonchev–Trinajstić information content (AvgIpc) is 2.46. The summed E-state index contributed by atoms with van der Waals surface area (Å²) in [5, 5.41) is 0. The zero-order valence-corrected chi connectivity index (χ0v) is 16.4. The third kappa shape index (κ3) is 11.5. The molecule has 3 nitrogen and oxygen atoms in total. The fourth-order valence-corrected chi connectivity index (χ4v) is 3.13. The van der Waals surface area contributed by atoms with Gasteiger partial charge in [0.2, 0.25) is 0 Å². The van der Waals surface area contributed by atoms with Crippen molar-refractivity contribution in [1.29, 1.82) is 0 Å². The molecule has 0 bridgehead atoms. The van der Waals surface area contributed by atoms with Crippen LogP contribution in [0.5, 0.6) is 0 Å². The first kappa shape index (κ1) is 21.1. The molecule has 0 amide bonds. The van der Waals surface area contributed by atoms with Crippen molar-refractivity contribution in [1.82, 2.24) is 0 Å². The number of rotatable bonds is 1. The molecule has 0 heterocycles. The lowest BCUT2D eigenvalue weighted by atomic mass is 10.0. The summed E-state index contributed by atoms with van der Waals surface area (Å²) in [6, 6.07) is 0. The number of ether oxygens (including phenoxy) is 2. The Bertz CT molecular complexity index is 379. The Labute approximate surface area is 149 Å². The van der Waals surface area contributed by atoms with Crippen LogP contribution in [-0.2, 0) is 9.47 Å². The molecule has 0 aromatic rings. The summed E-state index contributed by atoms with van der Waals surface area (Å²) in [6.45, 7) is 7.81. The molecular formula is C21H38O3. The van der Waals surface area contributed by atoms with Crippen molar-refractivity contribution in [3.8, 4) is 0 Å². The lowest BCUT2D eigenvalue weighted by Crippen LogP contribution is -2.24. The summed E-state index contributed by atoms with van der Waals surface area (Å²) >= 11 is 0. The molecule has 3 heteroatoms. The maximum Gasteiger partial charge on any atom is 0.514 e. The van der Waals surface area contributed by atoms with Crippen LogP contribution >= 0.6 is 0 Å². The maximum absolute atomic E-state index is 12.0. The Balaban J connectivity index is 2.59. The molecule has 0 radical (unpaired) electrons. The SMILES string of the molecule is CC1C=C(OC(=O)OC(C)(C)C)CCCCCCCCCCCC1. The number of carbonyl (C=O) groups is 1. The van der Waals surface area contributed by atoms with Gasteiger partial charge in [0.25, 0.3) is 0 Å². The first-order chi connectivity index (χ1) is 11.4. The Hall–Kier alpha value is -0.990. The molecule has 1 rings (SSSR count). The van der Waals surface area contributed by atoms with Gasteiger partial charge in [-0.25, -0.2) is 4.79 Å². The lowest BCUT2D eigenvalue weighted by molar-refractivity contribution is 0.00493. The average molecular weight is 339 g/mol. The molecule has 0 aliphatic heterocycles. The van der Waals surface area contributed by atoms with Crippen LogP contribution in [-0.4, -0.2) is 11.8 Å². The molecule has 24 heavy (non-hydrogen) atoms. The van der Waals surface area contributed by atoms with Crippen LogP contribution in [0.4, 0.5) is 4.79 Å². The van der Waals surface area contributed by atoms with Gasteiger partial charge < -0.3 is 9.47 Å². The molecule has 1 aliphatic carbocycles. The maximum atomic E-state index is 12.0. The minimum Gasteiger partial charge on any atom is -0.428 e. The van der Waals surface area contributed by atoms with Crippen LogP contribution in [0.1, 0.15) is 105 Å². The van der Waals surface area contributed by atoms with E-state index in [4.69, 9.17) is 9.47 Å². The minimum atomic E-state index is -0.570. The summed E-state index contributed by atoms with van der Waals surface area (Å²) in [6.07, 6.45) is 16.6. The van der Waals surface area contributed by atoms with E-state index in [9.17, 15) is 4.79 Å². The van der Waals surface area contributed by atoms with Crippen molar-refractivity contribution >= 4 is 6.16 Å². The third-order valence-electron chi connectivity index (χ3n) is 4.41. The summed E-state index contributed by atoms with van der Waals surface area (Å²) in [5.74, 6) is 1.25. The molecule has 0 fully saturated rings. The van der Waals surface area contributed by atoms with Crippen molar-refractivity contribution in [2.24, 2.45) is 5.92 Å². The monoisotopic (exact) mass is 338 g/mol. The van der Waals surface area contributed by atoms with Crippen LogP contribution in [0.3, 0.4) is 0 Å². The van der Waals surface area contributed by atoms with E-state index in [-0.39, 0.29) is 0 Å². The quantitative estimate of drug-likeness (QED) is 0.476. The number of carbonyl (C=O) groups excluding carboxylic acids is 1. The fraction of sp³-hybridized carbons (Fsp3) is 0.857. The van der Waals surface area contributed by atoms with E-state index in [1.165, 1.54) is 64.2 Å². The van der Waals surface area contributed by atoms with Crippen molar-refractivity contribution in [3.63, 3.8) is 0 Å². The van der Waals surface area contributed by atoms with E-state index >= 15 is 0 Å². The smallest absolute Gasteiger partial charge is 0.428 e. The van der Waals surface area contributed by atoms with Crippen molar-refractivity contribution in [3.05, 3.63) is 11.8 Å². The van der Waals surface area contributed by atoms with Gasteiger partial charge in [-0.15, -0.1) is 0 Å². The second-order valence-electron chi connectivity index (χ2n) is 8.25. The standard InChI is InChI=1S/C21H38O3/c1-18-15-13-11-9-7-5-6-8-10-12-14-16-19(17-18)23-20(22)24-21(2,3)4/h17-18H,5-16H2,1-4H3. The summed E-state index contributed by atoms with van der Waals surface area (Å²) in [4.78, 5) is 12.0. The van der Waals surface area contributed by atoms with Gasteiger partial charge in [0, 0.05) is 6.42 Å². The highest BCUT2D eigenvalue weighted by atomic mass is 16.7. The number of allylic oxidation sites excluding steroid dienone is 2. The van der Waals surface area contributed by atoms with Crippen molar-refractivity contribution in [2.45, 2.75) is 110 Å². The Morgan fingerprint density at radius 3 is 1.96 bits per heavy atom. The van der Waals surface area contributed by atoms with Crippen molar-refractivity contribution in [2.75, 3.05) is 0 Å². The van der Waals surface area contributed by atoms with Gasteiger partial charge in [-0.3, -0.25) is 0 Å². The molecule has 140 valence electrons. The van der Waals surface area contributed by atoms with Crippen LogP contribution in [0, 0.1) is 5.92 Å². The van der Waals surface area contributed by atoms with Crippen molar-refractivity contribution < 1.29 is 14.3 Å². The largest absolute Gasteiger partial charge is 0.514 e. The zero-order valence-electron chi connectivity index (χ0n) is 16.4. The van der Waals surface area contributed by atoms with Crippen LogP contribution < -0.4 is 0 Å². The van der Waals surface area contributed by atoms with E-state index in [0.29, 0.717) is 5.92 Å². The molecule has 1 unspecified atom stereocenters. The van der Waals surface area contributed by atoms with E-state index in [1.807, 2.05) is 20.8 Å². The molecule has 1 aliphatic rings. The van der Waals surface area contributed by atoms with Crippen LogP contribution in [0.15, 0.2) is 11.8 Å². The molecule has 0 spiro atoms. The highest BCUT2D eigenvalue weighted by Gasteiger charge is 2.19. The van der Waals surface area contributed by atoms with E-state index in [1.54, 1.807) is 0 Å². The molecule has 0 aromatic heterocycles. The predicted octanol–water partition coefficient (Wildman–Crippen LogP) is 7.15. The van der Waals surface area contributed by atoms with Gasteiger partial charge in [0.05, 0.1) is 0 Å². The Morgan fingerprint density at radius 1 is 0.917 bits per heavy atom. The fourth-order valence-electron chi connectivity index (χ4n) is 3.13. The first-order valence-corrected chi connectivity index (χ1v) is 9.98. The molecule has 0 N–H and O–H groups in total. The first-order valence-electron chi connectivity index (χ1n) is 9.98. The molecule has 0 aromatic carbocycles. The highest BCUT2D eigenvalue weighted by molar-refractivity contribution is 5.62. The summed E-state index contributed by atoms with van der Waals surface area (Å²) < 4.78 is 10.8. The van der Waals surface area contributed by atoms with E-state index < -0.39 is 11.8 Å². The molecule has 1 atom stereocenters. The summed E-state index contributed by atoms with van der Waals surface area (Å²) in [7, 11) is 0. The van der Waals surface area contributed by atoms with Gasteiger partial charge >= 0.3 is 6.16 Å². The predicted molar refractivity (Wildman–Crippen MR) is 100.0 cm³/mol. The zero-order chi connectivity index (χ0) is 17.8.